The Kier molecular flexibility index (Phi) is 5.04. The van der Waals surface area contributed by atoms with E-state index in [1.807, 2.05) is 18.2 Å². The molecule has 1 unspecified atom stereocenters. The Labute approximate surface area is 128 Å². The van der Waals surface area contributed by atoms with E-state index < -0.39 is 6.04 Å². The van der Waals surface area contributed by atoms with Crippen LogP contribution in [0.4, 0.5) is 4.39 Å². The molecule has 0 heterocycles. The number of halogens is 2. The number of nitrogens with two attached hydrogens (primary N) is 1. The zero-order valence-electron chi connectivity index (χ0n) is 11.9. The van der Waals surface area contributed by atoms with Gasteiger partial charge in [-0.2, -0.15) is 0 Å². The molecule has 3 nitrogen and oxygen atoms in total. The lowest BCUT2D eigenvalue weighted by atomic mass is 9.99. The molecule has 0 aliphatic heterocycles. The molecule has 0 aromatic heterocycles. The molecule has 2 aromatic rings. The van der Waals surface area contributed by atoms with E-state index in [0.717, 1.165) is 5.56 Å². The average molecular weight is 310 g/mol. The van der Waals surface area contributed by atoms with Crippen LogP contribution < -0.4 is 15.2 Å². The van der Waals surface area contributed by atoms with Crippen LogP contribution in [0.5, 0.6) is 11.5 Å². The molecule has 2 N–H and O–H groups in total. The number of hydrogen-bond donors (Lipinski definition) is 1. The summed E-state index contributed by atoms with van der Waals surface area (Å²) < 4.78 is 23.8. The first kappa shape index (κ1) is 15.6. The molecule has 0 spiro atoms. The Bertz CT molecular complexity index is 634. The first-order valence-corrected chi connectivity index (χ1v) is 6.84. The molecule has 0 saturated heterocycles. The van der Waals surface area contributed by atoms with Crippen molar-refractivity contribution in [1.29, 1.82) is 0 Å². The fraction of sp³-hybridized carbons (Fsp3) is 0.250. The highest BCUT2D eigenvalue weighted by molar-refractivity contribution is 6.31. The molecular weight excluding hydrogens is 293 g/mol. The molecule has 0 aliphatic carbocycles. The fourth-order valence-corrected chi connectivity index (χ4v) is 2.43. The van der Waals surface area contributed by atoms with E-state index in [1.165, 1.54) is 18.2 Å². The van der Waals surface area contributed by atoms with Gasteiger partial charge >= 0.3 is 0 Å². The topological polar surface area (TPSA) is 44.5 Å². The monoisotopic (exact) mass is 309 g/mol. The predicted octanol–water partition coefficient (Wildman–Crippen LogP) is 3.74. The van der Waals surface area contributed by atoms with Gasteiger partial charge in [0.1, 0.15) is 5.82 Å². The second-order valence-corrected chi connectivity index (χ2v) is 5.07. The van der Waals surface area contributed by atoms with Gasteiger partial charge < -0.3 is 15.2 Å². The molecule has 0 amide bonds. The maximum atomic E-state index is 13.3. The van der Waals surface area contributed by atoms with Crippen LogP contribution in [0.3, 0.4) is 0 Å². The minimum Gasteiger partial charge on any atom is -0.493 e. The Balaban J connectivity index is 2.23. The van der Waals surface area contributed by atoms with Crippen LogP contribution in [0, 0.1) is 5.82 Å². The highest BCUT2D eigenvalue weighted by Gasteiger charge is 2.13. The molecule has 0 bridgehead atoms. The van der Waals surface area contributed by atoms with Gasteiger partial charge in [0.05, 0.1) is 14.2 Å². The molecule has 112 valence electrons. The van der Waals surface area contributed by atoms with Gasteiger partial charge in [0.15, 0.2) is 11.5 Å². The van der Waals surface area contributed by atoms with E-state index in [1.54, 1.807) is 14.2 Å². The standard InChI is InChI=1S/C16H17ClFNO2/c1-20-15-6-3-10(8-16(15)21-2)7-14(19)12-9-11(18)4-5-13(12)17/h3-6,8-9,14H,7,19H2,1-2H3. The van der Waals surface area contributed by atoms with Crippen molar-refractivity contribution < 1.29 is 13.9 Å². The first-order chi connectivity index (χ1) is 10.0. The van der Waals surface area contributed by atoms with Crippen molar-refractivity contribution in [2.75, 3.05) is 14.2 Å². The van der Waals surface area contributed by atoms with Gasteiger partial charge in [-0.25, -0.2) is 4.39 Å². The summed E-state index contributed by atoms with van der Waals surface area (Å²) in [5.41, 5.74) is 7.68. The predicted molar refractivity (Wildman–Crippen MR) is 81.6 cm³/mol. The molecule has 5 heteroatoms. The molecule has 0 aliphatic rings. The van der Waals surface area contributed by atoms with Crippen LogP contribution in [0.2, 0.25) is 5.02 Å². The molecule has 0 fully saturated rings. The maximum Gasteiger partial charge on any atom is 0.160 e. The van der Waals surface area contributed by atoms with Crippen LogP contribution in [-0.2, 0) is 6.42 Å². The Morgan fingerprint density at radius 3 is 2.48 bits per heavy atom. The third-order valence-electron chi connectivity index (χ3n) is 3.26. The molecule has 1 atom stereocenters. The summed E-state index contributed by atoms with van der Waals surface area (Å²) in [7, 11) is 3.15. The molecule has 2 aromatic carbocycles. The number of ether oxygens (including phenoxy) is 2. The molecule has 21 heavy (non-hydrogen) atoms. The largest absolute Gasteiger partial charge is 0.493 e. The zero-order valence-corrected chi connectivity index (χ0v) is 12.7. The van der Waals surface area contributed by atoms with Crippen molar-refractivity contribution in [2.24, 2.45) is 5.73 Å². The smallest absolute Gasteiger partial charge is 0.160 e. The van der Waals surface area contributed by atoms with E-state index >= 15 is 0 Å². The highest BCUT2D eigenvalue weighted by Crippen LogP contribution is 2.30. The number of methoxy groups -OCH3 is 2. The van der Waals surface area contributed by atoms with Gasteiger partial charge in [0.25, 0.3) is 0 Å². The van der Waals surface area contributed by atoms with E-state index in [-0.39, 0.29) is 5.82 Å². The summed E-state index contributed by atoms with van der Waals surface area (Å²) in [6.45, 7) is 0. The Hall–Kier alpha value is -1.78. The van der Waals surface area contributed by atoms with Crippen LogP contribution >= 0.6 is 11.6 Å². The van der Waals surface area contributed by atoms with Gasteiger partial charge in [-0.15, -0.1) is 0 Å². The van der Waals surface area contributed by atoms with Crippen LogP contribution in [0.1, 0.15) is 17.2 Å². The van der Waals surface area contributed by atoms with E-state index in [0.29, 0.717) is 28.5 Å². The van der Waals surface area contributed by atoms with Gasteiger partial charge in [0.2, 0.25) is 0 Å². The summed E-state index contributed by atoms with van der Waals surface area (Å²) in [5, 5.41) is 0.462. The lowest BCUT2D eigenvalue weighted by molar-refractivity contribution is 0.354. The van der Waals surface area contributed by atoms with Crippen molar-refractivity contribution in [1.82, 2.24) is 0 Å². The van der Waals surface area contributed by atoms with Crippen LogP contribution in [-0.4, -0.2) is 14.2 Å². The van der Waals surface area contributed by atoms with Gasteiger partial charge in [-0.05, 0) is 47.9 Å². The normalized spacial score (nSPS) is 12.0. The van der Waals surface area contributed by atoms with Crippen LogP contribution in [0.25, 0.3) is 0 Å². The van der Waals surface area contributed by atoms with Crippen molar-refractivity contribution in [2.45, 2.75) is 12.5 Å². The quantitative estimate of drug-likeness (QED) is 0.915. The van der Waals surface area contributed by atoms with Gasteiger partial charge in [-0.1, -0.05) is 17.7 Å². The van der Waals surface area contributed by atoms with Crippen molar-refractivity contribution in [3.63, 3.8) is 0 Å². The summed E-state index contributed by atoms with van der Waals surface area (Å²) in [6.07, 6.45) is 0.517. The Morgan fingerprint density at radius 1 is 1.10 bits per heavy atom. The zero-order chi connectivity index (χ0) is 15.4. The van der Waals surface area contributed by atoms with E-state index in [9.17, 15) is 4.39 Å². The average Bonchev–Trinajstić information content (AvgIpc) is 2.49. The van der Waals surface area contributed by atoms with E-state index in [4.69, 9.17) is 26.8 Å². The summed E-state index contributed by atoms with van der Waals surface area (Å²) in [4.78, 5) is 0. The first-order valence-electron chi connectivity index (χ1n) is 6.46. The Morgan fingerprint density at radius 2 is 1.81 bits per heavy atom. The van der Waals surface area contributed by atoms with Crippen molar-refractivity contribution in [3.05, 3.63) is 58.4 Å². The summed E-state index contributed by atoms with van der Waals surface area (Å²) >= 11 is 6.07. The van der Waals surface area contributed by atoms with Gasteiger partial charge in [0, 0.05) is 11.1 Å². The fourth-order valence-electron chi connectivity index (χ4n) is 2.17. The second kappa shape index (κ2) is 6.78. The van der Waals surface area contributed by atoms with Crippen molar-refractivity contribution in [3.8, 4) is 11.5 Å². The third-order valence-corrected chi connectivity index (χ3v) is 3.61. The molecule has 0 radical (unpaired) electrons. The SMILES string of the molecule is COc1ccc(CC(N)c2cc(F)ccc2Cl)cc1OC. The lowest BCUT2D eigenvalue weighted by Gasteiger charge is -2.15. The number of benzene rings is 2. The summed E-state index contributed by atoms with van der Waals surface area (Å²) in [5.74, 6) is 0.934. The van der Waals surface area contributed by atoms with Crippen LogP contribution in [0.15, 0.2) is 36.4 Å². The summed E-state index contributed by atoms with van der Waals surface area (Å²) in [6, 6.07) is 9.36. The minimum absolute atomic E-state index is 0.350. The minimum atomic E-state index is -0.397. The van der Waals surface area contributed by atoms with Gasteiger partial charge in [-0.3, -0.25) is 0 Å². The second-order valence-electron chi connectivity index (χ2n) is 4.67. The number of hydrogen-bond acceptors (Lipinski definition) is 3. The molecule has 0 saturated carbocycles. The molecule has 2 rings (SSSR count). The van der Waals surface area contributed by atoms with Crippen molar-refractivity contribution >= 4 is 11.6 Å². The third kappa shape index (κ3) is 3.65. The maximum absolute atomic E-state index is 13.3. The molecular formula is C16H17ClFNO2. The van der Waals surface area contributed by atoms with E-state index in [2.05, 4.69) is 0 Å². The number of rotatable bonds is 5. The highest BCUT2D eigenvalue weighted by atomic mass is 35.5. The lowest BCUT2D eigenvalue weighted by Crippen LogP contribution is -2.14.